The molecule has 1 aliphatic rings. The van der Waals surface area contributed by atoms with Crippen molar-refractivity contribution in [3.8, 4) is 5.75 Å². The zero-order valence-electron chi connectivity index (χ0n) is 13.0. The van der Waals surface area contributed by atoms with Crippen molar-refractivity contribution in [3.05, 3.63) is 30.3 Å². The number of hydrogen-bond acceptors (Lipinski definition) is 4. The van der Waals surface area contributed by atoms with Gasteiger partial charge in [-0.3, -0.25) is 4.57 Å². The van der Waals surface area contributed by atoms with Crippen molar-refractivity contribution >= 4 is 18.6 Å². The average molecular weight is 322 g/mol. The summed E-state index contributed by atoms with van der Waals surface area (Å²) in [6.45, 7) is 0. The molecule has 1 aromatic rings. The molecule has 1 atom stereocenters. The maximum atomic E-state index is 12.9. The Kier molecular flexibility index (Phi) is 6.45. The molecule has 1 fully saturated rings. The van der Waals surface area contributed by atoms with Crippen LogP contribution in [0.4, 0.5) is 0 Å². The number of rotatable bonds is 7. The van der Waals surface area contributed by atoms with Crippen LogP contribution in [0.1, 0.15) is 38.5 Å². The van der Waals surface area contributed by atoms with Gasteiger partial charge >= 0.3 is 0 Å². The normalized spacial score (nSPS) is 18.2. The van der Waals surface area contributed by atoms with Crippen LogP contribution in [-0.4, -0.2) is 25.3 Å². The summed E-state index contributed by atoms with van der Waals surface area (Å²) in [4.78, 5) is 10.3. The van der Waals surface area contributed by atoms with Crippen LogP contribution < -0.4 is 10.0 Å². The predicted octanol–water partition coefficient (Wildman–Crippen LogP) is 3.73. The van der Waals surface area contributed by atoms with Crippen molar-refractivity contribution in [2.24, 2.45) is 0 Å². The molecule has 0 bridgehead atoms. The van der Waals surface area contributed by atoms with Crippen LogP contribution in [0.15, 0.2) is 30.3 Å². The summed E-state index contributed by atoms with van der Waals surface area (Å²) < 4.78 is 24.2. The van der Waals surface area contributed by atoms with Gasteiger partial charge in [-0.25, -0.2) is 4.79 Å². The molecule has 0 amide bonds. The Morgan fingerprint density at radius 3 is 2.77 bits per heavy atom. The molecule has 2 rings (SSSR count). The minimum Gasteiger partial charge on any atom is -0.490 e. The Hall–Kier alpha value is -1.34. The molecular weight excluding hydrogens is 299 g/mol. The zero-order valence-corrected chi connectivity index (χ0v) is 13.9. The number of allylic oxidation sites excluding steroid dienone is 1. The Labute approximate surface area is 132 Å². The Morgan fingerprint density at radius 1 is 1.32 bits per heavy atom. The van der Waals surface area contributed by atoms with Gasteiger partial charge < -0.3 is 9.26 Å². The molecule has 22 heavy (non-hydrogen) atoms. The highest BCUT2D eigenvalue weighted by Crippen LogP contribution is 2.46. The van der Waals surface area contributed by atoms with Gasteiger partial charge in [0, 0.05) is 24.7 Å². The Morgan fingerprint density at radius 2 is 2.09 bits per heavy atom. The van der Waals surface area contributed by atoms with Crippen molar-refractivity contribution in [2.75, 3.05) is 13.3 Å². The fraction of sp³-hybridized carbons (Fsp3) is 0.529. The molecule has 0 radical (unpaired) electrons. The van der Waals surface area contributed by atoms with Gasteiger partial charge in [0.15, 0.2) is 0 Å². The molecular formula is C17H23O4P. The molecule has 0 spiro atoms. The maximum Gasteiger partial charge on any atom is 0.232 e. The number of benzene rings is 1. The third kappa shape index (κ3) is 4.58. The number of hydrogen-bond donors (Lipinski definition) is 0. The van der Waals surface area contributed by atoms with Gasteiger partial charge in [-0.15, -0.1) is 0 Å². The third-order valence-corrected chi connectivity index (χ3v) is 6.51. The van der Waals surface area contributed by atoms with E-state index in [-0.39, 0.29) is 6.10 Å². The SMILES string of the molecule is COP(=O)(CCC=C=O)c1cccc(OC2CCCCC2)c1. The lowest BCUT2D eigenvalue weighted by molar-refractivity contribution is 0.155. The second-order valence-electron chi connectivity index (χ2n) is 5.57. The average Bonchev–Trinajstić information content (AvgIpc) is 2.56. The monoisotopic (exact) mass is 322 g/mol. The van der Waals surface area contributed by atoms with E-state index in [1.807, 2.05) is 18.2 Å². The molecule has 4 nitrogen and oxygen atoms in total. The minimum atomic E-state index is -2.95. The van der Waals surface area contributed by atoms with E-state index in [9.17, 15) is 9.36 Å². The first kappa shape index (κ1) is 17.0. The summed E-state index contributed by atoms with van der Waals surface area (Å²) in [6, 6.07) is 7.34. The third-order valence-electron chi connectivity index (χ3n) is 4.01. The van der Waals surface area contributed by atoms with E-state index in [1.54, 1.807) is 12.0 Å². The maximum absolute atomic E-state index is 12.9. The predicted molar refractivity (Wildman–Crippen MR) is 87.9 cm³/mol. The Balaban J connectivity index is 2.11. The highest BCUT2D eigenvalue weighted by atomic mass is 31.2. The summed E-state index contributed by atoms with van der Waals surface area (Å²) >= 11 is 0. The zero-order chi connectivity index (χ0) is 15.8. The molecule has 0 aromatic heterocycles. The first-order valence-corrected chi connectivity index (χ1v) is 9.60. The summed E-state index contributed by atoms with van der Waals surface area (Å²) in [5.74, 6) is 2.45. The van der Waals surface area contributed by atoms with Gasteiger partial charge in [-0.2, -0.15) is 0 Å². The van der Waals surface area contributed by atoms with Gasteiger partial charge in [0.25, 0.3) is 0 Å². The molecule has 0 saturated heterocycles. The van der Waals surface area contributed by atoms with Crippen LogP contribution in [0.2, 0.25) is 0 Å². The van der Waals surface area contributed by atoms with Crippen LogP contribution in [0.5, 0.6) is 5.75 Å². The van der Waals surface area contributed by atoms with E-state index < -0.39 is 7.37 Å². The molecule has 5 heteroatoms. The fourth-order valence-electron chi connectivity index (χ4n) is 2.76. The molecule has 1 aromatic carbocycles. The first-order valence-electron chi connectivity index (χ1n) is 7.79. The lowest BCUT2D eigenvalue weighted by Crippen LogP contribution is -2.20. The van der Waals surface area contributed by atoms with Gasteiger partial charge in [0.1, 0.15) is 11.7 Å². The highest BCUT2D eigenvalue weighted by molar-refractivity contribution is 7.67. The van der Waals surface area contributed by atoms with Crippen LogP contribution in [0.25, 0.3) is 0 Å². The quantitative estimate of drug-likeness (QED) is 0.567. The van der Waals surface area contributed by atoms with Crippen LogP contribution in [-0.2, 0) is 13.9 Å². The van der Waals surface area contributed by atoms with Gasteiger partial charge in [-0.05, 0) is 50.3 Å². The van der Waals surface area contributed by atoms with E-state index in [0.29, 0.717) is 17.9 Å². The number of carbonyl (C=O) groups excluding carboxylic acids is 1. The summed E-state index contributed by atoms with van der Waals surface area (Å²) in [5.41, 5.74) is 0. The standard InChI is InChI=1S/C17H23O4P/c1-20-22(19,13-6-5-12-18)17-11-7-10-16(14-17)21-15-8-3-2-4-9-15/h5,7,10-11,14-15H,2-4,6,8-9,13H2,1H3. The molecule has 120 valence electrons. The van der Waals surface area contributed by atoms with E-state index in [4.69, 9.17) is 9.26 Å². The van der Waals surface area contributed by atoms with E-state index in [0.717, 1.165) is 18.6 Å². The Bertz CT molecular complexity index is 572. The van der Waals surface area contributed by atoms with Gasteiger partial charge in [-0.1, -0.05) is 12.5 Å². The molecule has 0 aliphatic heterocycles. The van der Waals surface area contributed by atoms with E-state index in [1.165, 1.54) is 32.4 Å². The highest BCUT2D eigenvalue weighted by Gasteiger charge is 2.24. The molecule has 0 heterocycles. The smallest absolute Gasteiger partial charge is 0.232 e. The fourth-order valence-corrected chi connectivity index (χ4v) is 4.52. The van der Waals surface area contributed by atoms with Gasteiger partial charge in [0.2, 0.25) is 7.37 Å². The van der Waals surface area contributed by atoms with Crippen molar-refractivity contribution in [1.29, 1.82) is 0 Å². The van der Waals surface area contributed by atoms with Crippen LogP contribution in [0.3, 0.4) is 0 Å². The molecule has 1 unspecified atom stereocenters. The van der Waals surface area contributed by atoms with E-state index >= 15 is 0 Å². The molecule has 0 N–H and O–H groups in total. The van der Waals surface area contributed by atoms with Crippen molar-refractivity contribution in [1.82, 2.24) is 0 Å². The summed E-state index contributed by atoms with van der Waals surface area (Å²) in [5, 5.41) is 0.641. The van der Waals surface area contributed by atoms with Crippen molar-refractivity contribution < 1.29 is 18.6 Å². The molecule has 1 aliphatic carbocycles. The van der Waals surface area contributed by atoms with Crippen molar-refractivity contribution in [3.63, 3.8) is 0 Å². The summed E-state index contributed by atoms with van der Waals surface area (Å²) in [6.07, 6.45) is 8.14. The van der Waals surface area contributed by atoms with E-state index in [2.05, 4.69) is 0 Å². The first-order chi connectivity index (χ1) is 10.7. The second kappa shape index (κ2) is 8.33. The lowest BCUT2D eigenvalue weighted by Gasteiger charge is -2.24. The lowest BCUT2D eigenvalue weighted by atomic mass is 9.98. The topological polar surface area (TPSA) is 52.6 Å². The van der Waals surface area contributed by atoms with Crippen LogP contribution in [0, 0.1) is 0 Å². The van der Waals surface area contributed by atoms with Gasteiger partial charge in [0.05, 0.1) is 6.10 Å². The van der Waals surface area contributed by atoms with Crippen LogP contribution >= 0.6 is 7.37 Å². The second-order valence-corrected chi connectivity index (χ2v) is 8.24. The van der Waals surface area contributed by atoms with Crippen molar-refractivity contribution in [2.45, 2.75) is 44.6 Å². The minimum absolute atomic E-state index is 0.254. The largest absolute Gasteiger partial charge is 0.490 e. The number of ether oxygens (including phenoxy) is 1. The molecule has 1 saturated carbocycles. The summed E-state index contributed by atoms with van der Waals surface area (Å²) in [7, 11) is -1.51.